The van der Waals surface area contributed by atoms with Gasteiger partial charge in [0.15, 0.2) is 11.6 Å². The van der Waals surface area contributed by atoms with E-state index in [2.05, 4.69) is 11.7 Å². The van der Waals surface area contributed by atoms with E-state index in [0.717, 1.165) is 55.6 Å². The number of ether oxygens (including phenoxy) is 1. The van der Waals surface area contributed by atoms with Gasteiger partial charge in [-0.3, -0.25) is 0 Å². The Morgan fingerprint density at radius 3 is 2.06 bits per heavy atom. The zero-order chi connectivity index (χ0) is 24.9. The van der Waals surface area contributed by atoms with Crippen molar-refractivity contribution in [3.63, 3.8) is 0 Å². The van der Waals surface area contributed by atoms with Gasteiger partial charge in [0.05, 0.1) is 0 Å². The molecule has 2 aliphatic rings. The van der Waals surface area contributed by atoms with Crippen LogP contribution in [-0.4, -0.2) is 18.5 Å². The fourth-order valence-corrected chi connectivity index (χ4v) is 5.50. The molecule has 1 atom stereocenters. The molecular weight excluding hydrogens is 461 g/mol. The molecule has 0 aromatic heterocycles. The predicted octanol–water partition coefficient (Wildman–Crippen LogP) is 9.12. The van der Waals surface area contributed by atoms with Crippen LogP contribution >= 0.6 is 0 Å². The van der Waals surface area contributed by atoms with E-state index in [1.165, 1.54) is 44.6 Å². The van der Waals surface area contributed by atoms with E-state index in [1.807, 2.05) is 6.08 Å². The van der Waals surface area contributed by atoms with Gasteiger partial charge >= 0.3 is 12.3 Å². The van der Waals surface area contributed by atoms with E-state index < -0.39 is 30.0 Å². The molecule has 0 heterocycles. The highest BCUT2D eigenvalue weighted by atomic mass is 19.4. The summed E-state index contributed by atoms with van der Waals surface area (Å²) in [5, 5.41) is 0. The highest BCUT2D eigenvalue weighted by Gasteiger charge is 2.59. The number of alkyl halides is 6. The van der Waals surface area contributed by atoms with Crippen LogP contribution in [-0.2, 0) is 0 Å². The zero-order valence-corrected chi connectivity index (χ0v) is 19.4. The fourth-order valence-electron chi connectivity index (χ4n) is 5.50. The standard InChI is InChI=1S/C26H33F7O/c1-2-3-17-6-11-20(12-7-17)21-13-8-18(9-14-21)4-5-19-10-15-23(22(27)16-19)34-26(32,33)24(28)25(29,30)31/h4-5,10,15-18,20-21,24H,2-3,6-9,11-14H2,1H3/b5-4+. The lowest BCUT2D eigenvalue weighted by atomic mass is 9.68. The van der Waals surface area contributed by atoms with Gasteiger partial charge in [-0.1, -0.05) is 50.8 Å². The van der Waals surface area contributed by atoms with Gasteiger partial charge in [0.2, 0.25) is 0 Å². The molecule has 1 aromatic rings. The summed E-state index contributed by atoms with van der Waals surface area (Å²) in [6.45, 7) is 2.25. The van der Waals surface area contributed by atoms with Crippen molar-refractivity contribution in [3.05, 3.63) is 35.7 Å². The number of halogens is 7. The third-order valence-corrected chi connectivity index (χ3v) is 7.42. The van der Waals surface area contributed by atoms with E-state index in [9.17, 15) is 30.7 Å². The van der Waals surface area contributed by atoms with Crippen LogP contribution in [0.5, 0.6) is 5.75 Å². The van der Waals surface area contributed by atoms with Gasteiger partial charge in [0.1, 0.15) is 0 Å². The Labute approximate surface area is 196 Å². The molecule has 0 bridgehead atoms. The number of hydrogen-bond donors (Lipinski definition) is 0. The third kappa shape index (κ3) is 7.14. The molecule has 34 heavy (non-hydrogen) atoms. The summed E-state index contributed by atoms with van der Waals surface area (Å²) in [6, 6.07) is 2.94. The second-order valence-electron chi connectivity index (χ2n) is 9.86. The summed E-state index contributed by atoms with van der Waals surface area (Å²) in [7, 11) is 0. The first-order chi connectivity index (χ1) is 16.0. The van der Waals surface area contributed by atoms with Gasteiger partial charge in [0.25, 0.3) is 6.17 Å². The normalized spacial score (nSPS) is 27.6. The maximum absolute atomic E-state index is 14.1. The van der Waals surface area contributed by atoms with Crippen molar-refractivity contribution < 1.29 is 35.5 Å². The zero-order valence-electron chi connectivity index (χ0n) is 19.4. The Kier molecular flexibility index (Phi) is 8.96. The first-order valence-corrected chi connectivity index (χ1v) is 12.2. The molecule has 2 aliphatic carbocycles. The predicted molar refractivity (Wildman–Crippen MR) is 118 cm³/mol. The highest BCUT2D eigenvalue weighted by Crippen LogP contribution is 2.42. The van der Waals surface area contributed by atoms with Crippen LogP contribution < -0.4 is 4.74 Å². The van der Waals surface area contributed by atoms with Crippen molar-refractivity contribution in [1.82, 2.24) is 0 Å². The number of rotatable bonds is 8. The van der Waals surface area contributed by atoms with Crippen molar-refractivity contribution >= 4 is 6.08 Å². The second-order valence-corrected chi connectivity index (χ2v) is 9.86. The molecule has 3 rings (SSSR count). The summed E-state index contributed by atoms with van der Waals surface area (Å²) in [4.78, 5) is 0. The Hall–Kier alpha value is -1.73. The topological polar surface area (TPSA) is 9.23 Å². The van der Waals surface area contributed by atoms with E-state index in [0.29, 0.717) is 11.5 Å². The van der Waals surface area contributed by atoms with E-state index >= 15 is 0 Å². The average Bonchev–Trinajstić information content (AvgIpc) is 2.79. The third-order valence-electron chi connectivity index (χ3n) is 7.42. The maximum Gasteiger partial charge on any atom is 0.439 e. The van der Waals surface area contributed by atoms with Gasteiger partial charge < -0.3 is 4.74 Å². The fraction of sp³-hybridized carbons (Fsp3) is 0.692. The lowest BCUT2D eigenvalue weighted by Gasteiger charge is -2.37. The van der Waals surface area contributed by atoms with Crippen molar-refractivity contribution in [2.24, 2.45) is 23.7 Å². The lowest BCUT2D eigenvalue weighted by Crippen LogP contribution is -2.45. The van der Waals surface area contributed by atoms with Crippen molar-refractivity contribution in [1.29, 1.82) is 0 Å². The molecule has 0 spiro atoms. The van der Waals surface area contributed by atoms with Crippen LogP contribution in [0, 0.1) is 29.5 Å². The summed E-state index contributed by atoms with van der Waals surface area (Å²) in [6.07, 6.45) is 0.400. The monoisotopic (exact) mass is 494 g/mol. The van der Waals surface area contributed by atoms with Crippen LogP contribution in [0.25, 0.3) is 6.08 Å². The van der Waals surface area contributed by atoms with Crippen LogP contribution in [0.15, 0.2) is 24.3 Å². The number of hydrogen-bond acceptors (Lipinski definition) is 1. The number of allylic oxidation sites excluding steroid dienone is 1. The molecule has 0 radical (unpaired) electrons. The Balaban J connectivity index is 1.50. The Bertz CT molecular complexity index is 804. The van der Waals surface area contributed by atoms with Crippen LogP contribution in [0.2, 0.25) is 0 Å². The molecule has 0 N–H and O–H groups in total. The van der Waals surface area contributed by atoms with Crippen molar-refractivity contribution in [3.8, 4) is 5.75 Å². The molecule has 192 valence electrons. The largest absolute Gasteiger partial charge is 0.439 e. The summed E-state index contributed by atoms with van der Waals surface area (Å²) in [5.74, 6) is 0.404. The Morgan fingerprint density at radius 2 is 1.53 bits per heavy atom. The van der Waals surface area contributed by atoms with Crippen LogP contribution in [0.4, 0.5) is 30.7 Å². The van der Waals surface area contributed by atoms with E-state index in [-0.39, 0.29) is 0 Å². The number of benzene rings is 1. The summed E-state index contributed by atoms with van der Waals surface area (Å²) in [5.41, 5.74) is 0.372. The van der Waals surface area contributed by atoms with Gasteiger partial charge in [-0.25, -0.2) is 8.78 Å². The van der Waals surface area contributed by atoms with E-state index in [4.69, 9.17) is 0 Å². The first-order valence-electron chi connectivity index (χ1n) is 12.2. The molecular formula is C26H33F7O. The molecule has 1 nitrogen and oxygen atoms in total. The van der Waals surface area contributed by atoms with Crippen LogP contribution in [0.1, 0.15) is 76.7 Å². The summed E-state index contributed by atoms with van der Waals surface area (Å²) < 4.78 is 94.3. The quantitative estimate of drug-likeness (QED) is 0.328. The van der Waals surface area contributed by atoms with Gasteiger partial charge in [-0.2, -0.15) is 22.0 Å². The minimum atomic E-state index is -5.82. The summed E-state index contributed by atoms with van der Waals surface area (Å²) >= 11 is 0. The molecule has 1 unspecified atom stereocenters. The minimum absolute atomic E-state index is 0.343. The van der Waals surface area contributed by atoms with Crippen LogP contribution in [0.3, 0.4) is 0 Å². The SMILES string of the molecule is CCCC1CCC(C2CCC(/C=C/c3ccc(OC(F)(F)C(F)C(F)(F)F)c(F)c3)CC2)CC1. The van der Waals surface area contributed by atoms with Gasteiger partial charge in [-0.05, 0) is 79.9 Å². The smallest absolute Gasteiger partial charge is 0.427 e. The maximum atomic E-state index is 14.1. The van der Waals surface area contributed by atoms with E-state index in [1.54, 1.807) is 6.08 Å². The molecule has 1 aromatic carbocycles. The Morgan fingerprint density at radius 1 is 0.941 bits per heavy atom. The van der Waals surface area contributed by atoms with Gasteiger partial charge in [-0.15, -0.1) is 0 Å². The second kappa shape index (κ2) is 11.3. The molecule has 2 saturated carbocycles. The molecule has 2 fully saturated rings. The molecule has 0 amide bonds. The molecule has 0 saturated heterocycles. The highest BCUT2D eigenvalue weighted by molar-refractivity contribution is 5.51. The van der Waals surface area contributed by atoms with Gasteiger partial charge in [0, 0.05) is 0 Å². The molecule has 0 aliphatic heterocycles. The minimum Gasteiger partial charge on any atom is -0.427 e. The average molecular weight is 495 g/mol. The van der Waals surface area contributed by atoms with Crippen molar-refractivity contribution in [2.45, 2.75) is 89.6 Å². The first kappa shape index (κ1) is 26.9. The molecule has 8 heteroatoms. The van der Waals surface area contributed by atoms with Crippen molar-refractivity contribution in [2.75, 3.05) is 0 Å². The lowest BCUT2D eigenvalue weighted by molar-refractivity contribution is -0.305.